The molecule has 0 saturated carbocycles. The zero-order valence-corrected chi connectivity index (χ0v) is 6.78. The monoisotopic (exact) mass is 175 g/mol. The fraction of sp³-hybridized carbons (Fsp3) is 0. The summed E-state index contributed by atoms with van der Waals surface area (Å²) in [5, 5.41) is 0.391. The second kappa shape index (κ2) is 2.71. The van der Waals surface area contributed by atoms with Crippen molar-refractivity contribution < 1.29 is 0 Å². The predicted octanol–water partition coefficient (Wildman–Crippen LogP) is 0.472. The van der Waals surface area contributed by atoms with Gasteiger partial charge in [-0.25, -0.2) is 9.97 Å². The molecule has 0 saturated heterocycles. The first-order valence-electron chi connectivity index (χ1n) is 3.30. The second-order valence-electron chi connectivity index (χ2n) is 2.27. The first-order valence-corrected chi connectivity index (χ1v) is 3.68. The van der Waals surface area contributed by atoms with Gasteiger partial charge in [0.15, 0.2) is 5.65 Å². The molecule has 0 aromatic carbocycles. The van der Waals surface area contributed by atoms with Crippen LogP contribution in [0, 0.1) is 0 Å². The Morgan fingerprint density at radius 2 is 2.08 bits per heavy atom. The molecule has 2 aromatic rings. The van der Waals surface area contributed by atoms with Crippen LogP contribution in [0.25, 0.3) is 11.2 Å². The molecule has 2 rings (SSSR count). The summed E-state index contributed by atoms with van der Waals surface area (Å²) >= 11 is 5.65. The lowest BCUT2D eigenvalue weighted by molar-refractivity contribution is 1.26. The molecule has 5 heteroatoms. The Labute approximate surface area is 75.2 Å². The maximum atomic E-state index is 5.65. The van der Waals surface area contributed by atoms with Crippen LogP contribution < -0.4 is 5.59 Å². The third-order valence-electron chi connectivity index (χ3n) is 1.39. The van der Waals surface area contributed by atoms with Crippen LogP contribution in [-0.4, -0.2) is 22.8 Å². The molecule has 0 unspecified atom stereocenters. The van der Waals surface area contributed by atoms with Crippen molar-refractivity contribution in [1.29, 1.82) is 0 Å². The van der Waals surface area contributed by atoms with Gasteiger partial charge < -0.3 is 0 Å². The molecule has 2 radical (unpaired) electrons. The van der Waals surface area contributed by atoms with E-state index in [0.29, 0.717) is 21.9 Å². The summed E-state index contributed by atoms with van der Waals surface area (Å²) in [5.41, 5.74) is 1.51. The van der Waals surface area contributed by atoms with Gasteiger partial charge in [0.2, 0.25) is 0 Å². The maximum absolute atomic E-state index is 5.65. The smallest absolute Gasteiger partial charge is 0.178 e. The van der Waals surface area contributed by atoms with Crippen molar-refractivity contribution >= 4 is 36.2 Å². The molecule has 0 aliphatic carbocycles. The molecule has 2 aromatic heterocycles. The molecule has 0 bridgehead atoms. The molecule has 0 aliphatic heterocycles. The van der Waals surface area contributed by atoms with Gasteiger partial charge in [-0.3, -0.25) is 4.98 Å². The van der Waals surface area contributed by atoms with E-state index < -0.39 is 0 Å². The summed E-state index contributed by atoms with van der Waals surface area (Å²) in [6, 6.07) is 3.41. The highest BCUT2D eigenvalue weighted by Gasteiger charge is 1.97. The van der Waals surface area contributed by atoms with Crippen LogP contribution in [0.5, 0.6) is 0 Å². The van der Waals surface area contributed by atoms with Crippen molar-refractivity contribution in [3.63, 3.8) is 0 Å². The van der Waals surface area contributed by atoms with E-state index in [0.717, 1.165) is 0 Å². The minimum Gasteiger partial charge on any atom is -0.252 e. The van der Waals surface area contributed by atoms with E-state index in [1.165, 1.54) is 6.20 Å². The zero-order chi connectivity index (χ0) is 8.55. The number of aromatic nitrogens is 3. The summed E-state index contributed by atoms with van der Waals surface area (Å²) < 4.78 is 0. The van der Waals surface area contributed by atoms with Gasteiger partial charge in [0.05, 0.1) is 0 Å². The normalized spacial score (nSPS) is 10.4. The number of fused-ring (bicyclic) bond motifs is 1. The second-order valence-corrected chi connectivity index (χ2v) is 2.66. The highest BCUT2D eigenvalue weighted by atomic mass is 35.5. The Hall–Kier alpha value is -1.16. The Morgan fingerprint density at radius 3 is 2.92 bits per heavy atom. The van der Waals surface area contributed by atoms with Gasteiger partial charge in [-0.2, -0.15) is 0 Å². The summed E-state index contributed by atoms with van der Waals surface area (Å²) in [7, 11) is 5.42. The molecule has 0 spiro atoms. The van der Waals surface area contributed by atoms with Crippen LogP contribution in [0.15, 0.2) is 18.3 Å². The van der Waals surface area contributed by atoms with Crippen LogP contribution in [-0.2, 0) is 0 Å². The van der Waals surface area contributed by atoms with Crippen LogP contribution in [0.2, 0.25) is 5.15 Å². The number of hydrogen-bond donors (Lipinski definition) is 0. The summed E-state index contributed by atoms with van der Waals surface area (Å²) in [4.78, 5) is 11.9. The Bertz CT molecular complexity index is 395. The quantitative estimate of drug-likeness (QED) is 0.432. The van der Waals surface area contributed by atoms with Crippen molar-refractivity contribution in [2.75, 3.05) is 0 Å². The third kappa shape index (κ3) is 1.25. The molecule has 0 N–H and O–H groups in total. The molecule has 0 atom stereocenters. The van der Waals surface area contributed by atoms with Gasteiger partial charge >= 0.3 is 0 Å². The van der Waals surface area contributed by atoms with E-state index >= 15 is 0 Å². The van der Waals surface area contributed by atoms with E-state index in [4.69, 9.17) is 19.4 Å². The Morgan fingerprint density at radius 1 is 1.25 bits per heavy atom. The van der Waals surface area contributed by atoms with Crippen molar-refractivity contribution in [1.82, 2.24) is 15.0 Å². The lowest BCUT2D eigenvalue weighted by Gasteiger charge is -1.96. The Balaban J connectivity index is 2.80. The first-order chi connectivity index (χ1) is 5.75. The summed E-state index contributed by atoms with van der Waals surface area (Å²) in [5.74, 6) is 0. The van der Waals surface area contributed by atoms with Gasteiger partial charge in [-0.1, -0.05) is 11.6 Å². The average molecular weight is 175 g/mol. The van der Waals surface area contributed by atoms with Crippen molar-refractivity contribution in [2.24, 2.45) is 0 Å². The topological polar surface area (TPSA) is 38.7 Å². The number of nitrogens with zero attached hydrogens (tertiary/aromatic N) is 3. The number of rotatable bonds is 0. The van der Waals surface area contributed by atoms with Gasteiger partial charge in [0.1, 0.15) is 18.5 Å². The van der Waals surface area contributed by atoms with Gasteiger partial charge in [0.25, 0.3) is 0 Å². The lowest BCUT2D eigenvalue weighted by atomic mass is 10.1. The van der Waals surface area contributed by atoms with Crippen LogP contribution in [0.4, 0.5) is 0 Å². The highest BCUT2D eigenvalue weighted by Crippen LogP contribution is 2.08. The lowest BCUT2D eigenvalue weighted by Crippen LogP contribution is -2.09. The third-order valence-corrected chi connectivity index (χ3v) is 1.60. The highest BCUT2D eigenvalue weighted by molar-refractivity contribution is 6.31. The van der Waals surface area contributed by atoms with Gasteiger partial charge in [-0.05, 0) is 12.1 Å². The molecule has 0 aliphatic rings. The fourth-order valence-electron chi connectivity index (χ4n) is 0.888. The van der Waals surface area contributed by atoms with E-state index in [1.54, 1.807) is 12.1 Å². The van der Waals surface area contributed by atoms with Crippen LogP contribution in [0.1, 0.15) is 0 Å². The Kier molecular flexibility index (Phi) is 1.69. The largest absolute Gasteiger partial charge is 0.252 e. The molecule has 0 amide bonds. The number of halogens is 1. The van der Waals surface area contributed by atoms with Gasteiger partial charge in [-0.15, -0.1) is 0 Å². The molecule has 0 fully saturated rings. The predicted molar refractivity (Wildman–Crippen MR) is 47.7 cm³/mol. The maximum Gasteiger partial charge on any atom is 0.178 e. The number of hydrogen-bond acceptors (Lipinski definition) is 3. The van der Waals surface area contributed by atoms with Crippen molar-refractivity contribution in [3.05, 3.63) is 23.5 Å². The van der Waals surface area contributed by atoms with Crippen LogP contribution >= 0.6 is 11.6 Å². The van der Waals surface area contributed by atoms with E-state index in [9.17, 15) is 0 Å². The SMILES string of the molecule is [B]c1cnc2ccc(Cl)nc2n1. The molecular weight excluding hydrogens is 172 g/mol. The van der Waals surface area contributed by atoms with Crippen LogP contribution in [0.3, 0.4) is 0 Å². The average Bonchev–Trinajstić information content (AvgIpc) is 2.03. The van der Waals surface area contributed by atoms with Gasteiger partial charge in [0, 0.05) is 11.8 Å². The van der Waals surface area contributed by atoms with E-state index in [2.05, 4.69) is 15.0 Å². The van der Waals surface area contributed by atoms with E-state index in [1.807, 2.05) is 0 Å². The number of pyridine rings is 1. The van der Waals surface area contributed by atoms with Crippen molar-refractivity contribution in [3.8, 4) is 0 Å². The fourth-order valence-corrected chi connectivity index (χ4v) is 1.03. The summed E-state index contributed by atoms with van der Waals surface area (Å²) in [6.45, 7) is 0. The van der Waals surface area contributed by atoms with Crippen molar-refractivity contribution in [2.45, 2.75) is 0 Å². The standard InChI is InChI=1S/C7H3BClN3/c8-5-3-10-4-1-2-6(9)12-7(4)11-5/h1-3H. The molecule has 3 nitrogen and oxygen atoms in total. The first kappa shape index (κ1) is 7.49. The molecule has 12 heavy (non-hydrogen) atoms. The zero-order valence-electron chi connectivity index (χ0n) is 6.03. The molecule has 2 heterocycles. The molecular formula is C7H3BClN3. The summed E-state index contributed by atoms with van der Waals surface area (Å²) in [6.07, 6.45) is 1.48. The minimum absolute atomic E-state index is 0.345. The molecule has 56 valence electrons. The van der Waals surface area contributed by atoms with E-state index in [-0.39, 0.29) is 0 Å². The minimum atomic E-state index is 0.345.